The van der Waals surface area contributed by atoms with Crippen molar-refractivity contribution in [1.82, 2.24) is 0 Å². The predicted molar refractivity (Wildman–Crippen MR) is 59.1 cm³/mol. The Hall–Kier alpha value is -0.0400. The zero-order valence-electron chi connectivity index (χ0n) is 9.84. The molecule has 0 amide bonds. The van der Waals surface area contributed by atoms with Crippen LogP contribution in [0.3, 0.4) is 0 Å². The van der Waals surface area contributed by atoms with E-state index in [9.17, 15) is 5.11 Å². The van der Waals surface area contributed by atoms with Crippen LogP contribution in [0, 0.1) is 17.3 Å². The maximum Gasteiger partial charge on any atom is 0.0680 e. The first-order valence-corrected chi connectivity index (χ1v) is 6.20. The van der Waals surface area contributed by atoms with Crippen molar-refractivity contribution in [2.24, 2.45) is 17.3 Å². The maximum absolute atomic E-state index is 10.7. The molecular weight excluding hydrogens is 172 g/mol. The third kappa shape index (κ3) is 1.71. The van der Waals surface area contributed by atoms with Gasteiger partial charge in [0.2, 0.25) is 0 Å². The molecule has 0 aromatic rings. The largest absolute Gasteiger partial charge is 0.390 e. The molecule has 0 aromatic carbocycles. The van der Waals surface area contributed by atoms with Gasteiger partial charge < -0.3 is 5.11 Å². The van der Waals surface area contributed by atoms with Crippen LogP contribution in [0.5, 0.6) is 0 Å². The minimum atomic E-state index is -0.344. The van der Waals surface area contributed by atoms with E-state index in [4.69, 9.17) is 0 Å². The second-order valence-corrected chi connectivity index (χ2v) is 6.17. The highest BCUT2D eigenvalue weighted by Gasteiger charge is 2.52. The lowest BCUT2D eigenvalue weighted by Crippen LogP contribution is -2.44. The fourth-order valence-electron chi connectivity index (χ4n) is 3.21. The topological polar surface area (TPSA) is 20.2 Å². The lowest BCUT2D eigenvalue weighted by Gasteiger charge is -2.43. The maximum atomic E-state index is 10.7. The minimum absolute atomic E-state index is 0.344. The molecule has 0 heterocycles. The molecule has 2 saturated carbocycles. The summed E-state index contributed by atoms with van der Waals surface area (Å²) in [5, 5.41) is 10.7. The van der Waals surface area contributed by atoms with E-state index >= 15 is 0 Å². The Morgan fingerprint density at radius 3 is 2.14 bits per heavy atom. The predicted octanol–water partition coefficient (Wildman–Crippen LogP) is 3.36. The highest BCUT2D eigenvalue weighted by Crippen LogP contribution is 2.60. The monoisotopic (exact) mass is 196 g/mol. The number of aliphatic hydroxyl groups is 1. The summed E-state index contributed by atoms with van der Waals surface area (Å²) in [7, 11) is 0. The molecule has 2 aliphatic rings. The van der Waals surface area contributed by atoms with Crippen LogP contribution in [0.2, 0.25) is 0 Å². The smallest absolute Gasteiger partial charge is 0.0680 e. The van der Waals surface area contributed by atoms with Gasteiger partial charge in [-0.15, -0.1) is 0 Å². The van der Waals surface area contributed by atoms with Gasteiger partial charge in [0, 0.05) is 0 Å². The van der Waals surface area contributed by atoms with Crippen molar-refractivity contribution < 1.29 is 5.11 Å². The van der Waals surface area contributed by atoms with Crippen LogP contribution in [0.15, 0.2) is 0 Å². The number of hydrogen-bond acceptors (Lipinski definition) is 1. The molecule has 0 saturated heterocycles. The summed E-state index contributed by atoms with van der Waals surface area (Å²) in [6, 6.07) is 0. The van der Waals surface area contributed by atoms with E-state index in [-0.39, 0.29) is 5.60 Å². The summed E-state index contributed by atoms with van der Waals surface area (Å²) in [5.74, 6) is 1.06. The molecule has 2 aliphatic carbocycles. The van der Waals surface area contributed by atoms with E-state index in [1.165, 1.54) is 25.7 Å². The molecule has 2 unspecified atom stereocenters. The normalized spacial score (nSPS) is 37.5. The van der Waals surface area contributed by atoms with Crippen LogP contribution >= 0.6 is 0 Å². The molecule has 2 fully saturated rings. The Balaban J connectivity index is 2.06. The Kier molecular flexibility index (Phi) is 2.42. The molecule has 82 valence electrons. The molecule has 1 spiro atoms. The zero-order valence-corrected chi connectivity index (χ0v) is 9.84. The summed E-state index contributed by atoms with van der Waals surface area (Å²) < 4.78 is 0. The summed E-state index contributed by atoms with van der Waals surface area (Å²) >= 11 is 0. The summed E-state index contributed by atoms with van der Waals surface area (Å²) in [6.07, 6.45) is 7.49. The van der Waals surface area contributed by atoms with E-state index in [1.54, 1.807) is 0 Å². The Morgan fingerprint density at radius 1 is 1.00 bits per heavy atom. The fourth-order valence-corrected chi connectivity index (χ4v) is 3.21. The molecule has 1 heteroatoms. The summed E-state index contributed by atoms with van der Waals surface area (Å²) in [6.45, 7) is 6.69. The molecule has 0 bridgehead atoms. The second kappa shape index (κ2) is 3.23. The third-order valence-electron chi connectivity index (χ3n) is 4.80. The molecule has 2 rings (SSSR count). The van der Waals surface area contributed by atoms with Gasteiger partial charge in [-0.05, 0) is 49.4 Å². The summed E-state index contributed by atoms with van der Waals surface area (Å²) in [5.41, 5.74) is 0.235. The average molecular weight is 196 g/mol. The van der Waals surface area contributed by atoms with Crippen LogP contribution < -0.4 is 0 Å². The zero-order chi connectivity index (χ0) is 10.4. The van der Waals surface area contributed by atoms with Crippen molar-refractivity contribution >= 4 is 0 Å². The van der Waals surface area contributed by atoms with Crippen molar-refractivity contribution in [2.75, 3.05) is 0 Å². The van der Waals surface area contributed by atoms with Crippen LogP contribution in [0.1, 0.15) is 59.3 Å². The molecular formula is C13H24O. The highest BCUT2D eigenvalue weighted by molar-refractivity contribution is 5.04. The summed E-state index contributed by atoms with van der Waals surface area (Å²) in [4.78, 5) is 0. The highest BCUT2D eigenvalue weighted by atomic mass is 16.3. The van der Waals surface area contributed by atoms with Crippen LogP contribution in [-0.4, -0.2) is 10.7 Å². The van der Waals surface area contributed by atoms with Crippen molar-refractivity contribution in [3.05, 3.63) is 0 Å². The number of hydrogen-bond donors (Lipinski definition) is 1. The van der Waals surface area contributed by atoms with Gasteiger partial charge in [-0.1, -0.05) is 27.2 Å². The molecule has 0 aliphatic heterocycles. The lowest BCUT2D eigenvalue weighted by atomic mass is 9.67. The molecule has 0 aromatic heterocycles. The average Bonchev–Trinajstić information content (AvgIpc) is 2.83. The second-order valence-electron chi connectivity index (χ2n) is 6.17. The Labute approximate surface area is 87.9 Å². The van der Waals surface area contributed by atoms with Gasteiger partial charge in [0.1, 0.15) is 0 Å². The first kappa shape index (κ1) is 10.5. The van der Waals surface area contributed by atoms with Crippen LogP contribution in [-0.2, 0) is 0 Å². The quantitative estimate of drug-likeness (QED) is 0.718. The van der Waals surface area contributed by atoms with Gasteiger partial charge in [0.15, 0.2) is 0 Å². The third-order valence-corrected chi connectivity index (χ3v) is 4.80. The van der Waals surface area contributed by atoms with Gasteiger partial charge in [-0.25, -0.2) is 0 Å². The van der Waals surface area contributed by atoms with Crippen molar-refractivity contribution in [3.8, 4) is 0 Å². The minimum Gasteiger partial charge on any atom is -0.390 e. The van der Waals surface area contributed by atoms with Gasteiger partial charge in [-0.3, -0.25) is 0 Å². The van der Waals surface area contributed by atoms with E-state index in [2.05, 4.69) is 20.8 Å². The first-order valence-electron chi connectivity index (χ1n) is 6.20. The SMILES string of the molecule is CC(C)C(C)C1(O)CCCC2(CC2)C1. The first-order chi connectivity index (χ1) is 6.48. The van der Waals surface area contributed by atoms with Gasteiger partial charge >= 0.3 is 0 Å². The lowest BCUT2D eigenvalue weighted by molar-refractivity contribution is -0.0782. The van der Waals surface area contributed by atoms with Crippen LogP contribution in [0.4, 0.5) is 0 Å². The fraction of sp³-hybridized carbons (Fsp3) is 1.00. The van der Waals surface area contributed by atoms with Crippen LogP contribution in [0.25, 0.3) is 0 Å². The van der Waals surface area contributed by atoms with E-state index in [1.807, 2.05) is 0 Å². The molecule has 2 atom stereocenters. The van der Waals surface area contributed by atoms with Gasteiger partial charge in [-0.2, -0.15) is 0 Å². The molecule has 14 heavy (non-hydrogen) atoms. The van der Waals surface area contributed by atoms with E-state index < -0.39 is 0 Å². The Bertz CT molecular complexity index is 217. The van der Waals surface area contributed by atoms with Gasteiger partial charge in [0.25, 0.3) is 0 Å². The standard InChI is InChI=1S/C13H24O/c1-10(2)11(3)13(14)6-4-5-12(9-13)7-8-12/h10-11,14H,4-9H2,1-3H3. The van der Waals surface area contributed by atoms with Gasteiger partial charge in [0.05, 0.1) is 5.60 Å². The Morgan fingerprint density at radius 2 is 1.64 bits per heavy atom. The molecule has 0 radical (unpaired) electrons. The van der Waals surface area contributed by atoms with Crippen molar-refractivity contribution in [3.63, 3.8) is 0 Å². The molecule has 1 nitrogen and oxygen atoms in total. The number of rotatable bonds is 2. The van der Waals surface area contributed by atoms with E-state index in [0.717, 1.165) is 12.8 Å². The van der Waals surface area contributed by atoms with Crippen molar-refractivity contribution in [1.29, 1.82) is 0 Å². The van der Waals surface area contributed by atoms with E-state index in [0.29, 0.717) is 17.3 Å². The van der Waals surface area contributed by atoms with Crippen molar-refractivity contribution in [2.45, 2.75) is 64.9 Å². The molecule has 1 N–H and O–H groups in total.